The second-order valence-electron chi connectivity index (χ2n) is 10.7. The standard InChI is InChI=1S/C24H32O8/c1-22-7-6-13(26)8-12(22)4-5-14-15-9-18-24(17(28)11-25,32-21(31-18)20(29)30-3)23(15,2)10-16(27)19(14)22/h8,14-16,18-19,21,25,27H,4-7,9-11H2,1-3H3/t14-,15-,16-,18?,19+,21?,22-,23-,24+/m0/s1. The molecule has 176 valence electrons. The van der Waals surface area contributed by atoms with Crippen LogP contribution in [0, 0.1) is 28.6 Å². The van der Waals surface area contributed by atoms with Gasteiger partial charge in [0.1, 0.15) is 6.61 Å². The summed E-state index contributed by atoms with van der Waals surface area (Å²) in [5, 5.41) is 21.4. The van der Waals surface area contributed by atoms with E-state index in [0.717, 1.165) is 24.8 Å². The molecule has 2 N–H and O–H groups in total. The van der Waals surface area contributed by atoms with Crippen molar-refractivity contribution < 1.29 is 38.8 Å². The van der Waals surface area contributed by atoms with Gasteiger partial charge in [0.2, 0.25) is 0 Å². The second kappa shape index (κ2) is 7.19. The van der Waals surface area contributed by atoms with E-state index in [1.165, 1.54) is 7.11 Å². The molecule has 0 spiro atoms. The number of hydrogen-bond donors (Lipinski definition) is 2. The summed E-state index contributed by atoms with van der Waals surface area (Å²) in [5.74, 6) is -0.959. The van der Waals surface area contributed by atoms with E-state index in [9.17, 15) is 24.6 Å². The molecular weight excluding hydrogens is 416 g/mol. The first-order valence-electron chi connectivity index (χ1n) is 11.6. The van der Waals surface area contributed by atoms with Crippen LogP contribution in [0.5, 0.6) is 0 Å². The Morgan fingerprint density at radius 3 is 2.72 bits per heavy atom. The molecule has 9 atom stereocenters. The number of rotatable bonds is 3. The number of carbonyl (C=O) groups excluding carboxylic acids is 3. The number of fused-ring (bicyclic) bond motifs is 7. The molecule has 1 heterocycles. The lowest BCUT2D eigenvalue weighted by Crippen LogP contribution is -2.64. The third-order valence-corrected chi connectivity index (χ3v) is 9.59. The summed E-state index contributed by atoms with van der Waals surface area (Å²) in [5.41, 5.74) is -1.42. The number of hydrogen-bond acceptors (Lipinski definition) is 8. The first kappa shape index (κ1) is 22.2. The lowest BCUT2D eigenvalue weighted by atomic mass is 9.45. The summed E-state index contributed by atoms with van der Waals surface area (Å²) < 4.78 is 16.7. The maximum absolute atomic E-state index is 13.2. The number of methoxy groups -OCH3 is 1. The van der Waals surface area contributed by atoms with Gasteiger partial charge in [-0.2, -0.15) is 0 Å². The molecule has 0 bridgehead atoms. The van der Waals surface area contributed by atoms with Gasteiger partial charge in [-0.1, -0.05) is 19.4 Å². The van der Waals surface area contributed by atoms with E-state index in [1.54, 1.807) is 6.08 Å². The molecular formula is C24H32O8. The molecule has 0 aromatic heterocycles. The fraction of sp³-hybridized carbons (Fsp3) is 0.792. The highest BCUT2D eigenvalue weighted by Crippen LogP contribution is 2.70. The minimum Gasteiger partial charge on any atom is -0.465 e. The minimum atomic E-state index is -1.50. The fourth-order valence-corrected chi connectivity index (χ4v) is 8.25. The summed E-state index contributed by atoms with van der Waals surface area (Å²) in [7, 11) is 1.23. The van der Waals surface area contributed by atoms with Crippen LogP contribution >= 0.6 is 0 Å². The van der Waals surface area contributed by atoms with Crippen LogP contribution < -0.4 is 0 Å². The largest absolute Gasteiger partial charge is 0.465 e. The van der Waals surface area contributed by atoms with Crippen molar-refractivity contribution in [3.63, 3.8) is 0 Å². The summed E-state index contributed by atoms with van der Waals surface area (Å²) in [4.78, 5) is 37.4. The highest BCUT2D eigenvalue weighted by Gasteiger charge is 2.76. The Morgan fingerprint density at radius 2 is 2.03 bits per heavy atom. The van der Waals surface area contributed by atoms with Gasteiger partial charge in [-0.25, -0.2) is 4.79 Å². The van der Waals surface area contributed by atoms with Crippen molar-refractivity contribution >= 4 is 17.5 Å². The zero-order valence-corrected chi connectivity index (χ0v) is 18.8. The first-order chi connectivity index (χ1) is 15.1. The number of Topliss-reactive ketones (excluding diaryl/α,β-unsaturated/α-hetero) is 1. The Hall–Kier alpha value is -1.61. The van der Waals surface area contributed by atoms with Crippen LogP contribution in [0.15, 0.2) is 11.6 Å². The SMILES string of the molecule is COC(=O)C1OC2C[C@H]3[C@@H]4CCC5=CC(=O)CC[C@]5(C)[C@H]4[C@@H](O)C[C@]3(C)[C@]2(C(=O)CO)O1. The number of ether oxygens (including phenoxy) is 3. The van der Waals surface area contributed by atoms with Gasteiger partial charge in [0.15, 0.2) is 17.2 Å². The first-order valence-corrected chi connectivity index (χ1v) is 11.6. The summed E-state index contributed by atoms with van der Waals surface area (Å²) in [6, 6.07) is 0. The van der Waals surface area contributed by atoms with Crippen molar-refractivity contribution in [2.75, 3.05) is 13.7 Å². The van der Waals surface area contributed by atoms with Gasteiger partial charge in [0.25, 0.3) is 6.29 Å². The number of esters is 1. The maximum atomic E-state index is 13.2. The Kier molecular flexibility index (Phi) is 4.99. The number of allylic oxidation sites excluding steroid dienone is 1. The Bertz CT molecular complexity index is 896. The van der Waals surface area contributed by atoms with Crippen LogP contribution in [0.25, 0.3) is 0 Å². The lowest BCUT2D eigenvalue weighted by Gasteiger charge is -2.60. The van der Waals surface area contributed by atoms with E-state index in [-0.39, 0.29) is 29.0 Å². The normalized spacial score (nSPS) is 49.4. The summed E-state index contributed by atoms with van der Waals surface area (Å²) in [6.45, 7) is 3.37. The molecule has 1 aliphatic heterocycles. The maximum Gasteiger partial charge on any atom is 0.363 e. The van der Waals surface area contributed by atoms with Gasteiger partial charge >= 0.3 is 5.97 Å². The topological polar surface area (TPSA) is 119 Å². The predicted molar refractivity (Wildman–Crippen MR) is 110 cm³/mol. The highest BCUT2D eigenvalue weighted by molar-refractivity contribution is 5.92. The number of aliphatic hydroxyl groups is 2. The smallest absolute Gasteiger partial charge is 0.363 e. The average molecular weight is 449 g/mol. The molecule has 32 heavy (non-hydrogen) atoms. The number of carbonyl (C=O) groups is 3. The predicted octanol–water partition coefficient (Wildman–Crippen LogP) is 1.31. The molecule has 5 rings (SSSR count). The number of aliphatic hydroxyl groups excluding tert-OH is 2. The molecule has 1 saturated heterocycles. The van der Waals surface area contributed by atoms with Gasteiger partial charge in [0.05, 0.1) is 19.3 Å². The van der Waals surface area contributed by atoms with Crippen molar-refractivity contribution in [1.82, 2.24) is 0 Å². The Morgan fingerprint density at radius 1 is 1.28 bits per heavy atom. The molecule has 0 aromatic rings. The van der Waals surface area contributed by atoms with E-state index in [4.69, 9.17) is 14.2 Å². The van der Waals surface area contributed by atoms with Gasteiger partial charge in [-0.15, -0.1) is 0 Å². The van der Waals surface area contributed by atoms with Gasteiger partial charge < -0.3 is 24.4 Å². The zero-order chi connectivity index (χ0) is 23.1. The van der Waals surface area contributed by atoms with Crippen LogP contribution in [0.2, 0.25) is 0 Å². The molecule has 0 radical (unpaired) electrons. The van der Waals surface area contributed by atoms with Crippen LogP contribution in [-0.4, -0.2) is 65.6 Å². The quantitative estimate of drug-likeness (QED) is 0.621. The molecule has 8 nitrogen and oxygen atoms in total. The van der Waals surface area contributed by atoms with Gasteiger partial charge in [-0.3, -0.25) is 9.59 Å². The summed E-state index contributed by atoms with van der Waals surface area (Å²) >= 11 is 0. The Labute approximate surface area is 187 Å². The van der Waals surface area contributed by atoms with E-state index in [0.29, 0.717) is 19.3 Å². The monoisotopic (exact) mass is 448 g/mol. The minimum absolute atomic E-state index is 0.0194. The molecule has 0 aromatic carbocycles. The van der Waals surface area contributed by atoms with Crippen LogP contribution in [0.1, 0.15) is 52.4 Å². The van der Waals surface area contributed by atoms with E-state index >= 15 is 0 Å². The van der Waals surface area contributed by atoms with E-state index in [2.05, 4.69) is 6.92 Å². The highest BCUT2D eigenvalue weighted by atomic mass is 16.8. The third kappa shape index (κ3) is 2.61. The van der Waals surface area contributed by atoms with Gasteiger partial charge in [-0.05, 0) is 61.3 Å². The van der Waals surface area contributed by atoms with Crippen molar-refractivity contribution in [2.45, 2.75) is 76.5 Å². The van der Waals surface area contributed by atoms with E-state index < -0.39 is 47.9 Å². The van der Waals surface area contributed by atoms with Crippen LogP contribution in [0.3, 0.4) is 0 Å². The van der Waals surface area contributed by atoms with Crippen molar-refractivity contribution in [3.05, 3.63) is 11.6 Å². The Balaban J connectivity index is 1.55. The number of ketones is 2. The molecule has 8 heteroatoms. The third-order valence-electron chi connectivity index (χ3n) is 9.59. The molecule has 0 amide bonds. The molecule has 4 fully saturated rings. The van der Waals surface area contributed by atoms with Gasteiger partial charge in [0, 0.05) is 11.8 Å². The molecule has 4 aliphatic carbocycles. The second-order valence-corrected chi connectivity index (χ2v) is 10.7. The van der Waals surface area contributed by atoms with E-state index in [1.807, 2.05) is 6.92 Å². The van der Waals surface area contributed by atoms with Crippen molar-refractivity contribution in [2.24, 2.45) is 28.6 Å². The fourth-order valence-electron chi connectivity index (χ4n) is 8.25. The lowest BCUT2D eigenvalue weighted by molar-refractivity contribution is -0.210. The molecule has 2 unspecified atom stereocenters. The van der Waals surface area contributed by atoms with Crippen LogP contribution in [-0.2, 0) is 28.6 Å². The molecule has 3 saturated carbocycles. The zero-order valence-electron chi connectivity index (χ0n) is 18.8. The molecule has 5 aliphatic rings. The van der Waals surface area contributed by atoms with Crippen molar-refractivity contribution in [1.29, 1.82) is 0 Å². The summed E-state index contributed by atoms with van der Waals surface area (Å²) in [6.07, 6.45) is 2.70. The van der Waals surface area contributed by atoms with Crippen LogP contribution in [0.4, 0.5) is 0 Å². The van der Waals surface area contributed by atoms with Crippen molar-refractivity contribution in [3.8, 4) is 0 Å². The average Bonchev–Trinajstić information content (AvgIpc) is 3.26.